The van der Waals surface area contributed by atoms with Crippen LogP contribution in [-0.4, -0.2) is 42.7 Å². The Balaban J connectivity index is 1.42. The molecule has 1 aliphatic rings. The molecular formula is C27H33N3O4. The number of likely N-dealkylation sites (tertiary alicyclic amines) is 1. The Morgan fingerprint density at radius 1 is 1.09 bits per heavy atom. The lowest BCUT2D eigenvalue weighted by Gasteiger charge is -2.35. The van der Waals surface area contributed by atoms with Gasteiger partial charge in [0.15, 0.2) is 0 Å². The fraction of sp³-hybridized carbons (Fsp3) is 0.407. The van der Waals surface area contributed by atoms with Crippen molar-refractivity contribution >= 4 is 5.91 Å². The predicted molar refractivity (Wildman–Crippen MR) is 130 cm³/mol. The number of piperidine rings is 1. The summed E-state index contributed by atoms with van der Waals surface area (Å²) in [6.45, 7) is 6.72. The zero-order valence-corrected chi connectivity index (χ0v) is 20.2. The number of aromatic nitrogens is 1. The van der Waals surface area contributed by atoms with Crippen LogP contribution in [-0.2, 0) is 6.61 Å². The highest BCUT2D eigenvalue weighted by molar-refractivity contribution is 5.94. The van der Waals surface area contributed by atoms with E-state index in [0.29, 0.717) is 24.5 Å². The first kappa shape index (κ1) is 23.8. The number of nitrogens with zero attached hydrogens (tertiary/aromatic N) is 2. The van der Waals surface area contributed by atoms with Crippen LogP contribution >= 0.6 is 0 Å². The number of nitrogens with one attached hydrogen (secondary N) is 1. The number of aryl methyl sites for hydroxylation is 2. The zero-order chi connectivity index (χ0) is 23.9. The van der Waals surface area contributed by atoms with E-state index in [1.807, 2.05) is 38.1 Å². The van der Waals surface area contributed by atoms with E-state index in [1.165, 1.54) is 24.8 Å². The first-order valence-corrected chi connectivity index (χ1v) is 11.9. The highest BCUT2D eigenvalue weighted by Gasteiger charge is 2.23. The lowest BCUT2D eigenvalue weighted by Crippen LogP contribution is -2.40. The number of rotatable bonds is 9. The molecule has 4 rings (SSSR count). The van der Waals surface area contributed by atoms with Crippen molar-refractivity contribution in [2.24, 2.45) is 0 Å². The van der Waals surface area contributed by atoms with Crippen LogP contribution < -0.4 is 14.8 Å². The molecular weight excluding hydrogens is 430 g/mol. The second kappa shape index (κ2) is 11.2. The minimum atomic E-state index is -0.113. The van der Waals surface area contributed by atoms with Gasteiger partial charge in [0.25, 0.3) is 5.91 Å². The van der Waals surface area contributed by atoms with Crippen LogP contribution in [0.2, 0.25) is 0 Å². The van der Waals surface area contributed by atoms with E-state index in [0.717, 1.165) is 35.9 Å². The third-order valence-electron chi connectivity index (χ3n) is 6.45. The van der Waals surface area contributed by atoms with Crippen molar-refractivity contribution in [2.75, 3.05) is 26.7 Å². The van der Waals surface area contributed by atoms with Crippen LogP contribution in [0.25, 0.3) is 0 Å². The number of benzene rings is 2. The van der Waals surface area contributed by atoms with Gasteiger partial charge in [0, 0.05) is 12.1 Å². The van der Waals surface area contributed by atoms with Gasteiger partial charge in [-0.25, -0.2) is 0 Å². The maximum Gasteiger partial charge on any atom is 0.251 e. The van der Waals surface area contributed by atoms with E-state index < -0.39 is 0 Å². The van der Waals surface area contributed by atoms with E-state index in [1.54, 1.807) is 19.2 Å². The summed E-state index contributed by atoms with van der Waals surface area (Å²) in [5.74, 6) is 2.10. The number of methoxy groups -OCH3 is 1. The monoisotopic (exact) mass is 463 g/mol. The molecule has 0 bridgehead atoms. The summed E-state index contributed by atoms with van der Waals surface area (Å²) in [4.78, 5) is 15.5. The van der Waals surface area contributed by atoms with E-state index in [2.05, 4.69) is 27.5 Å². The van der Waals surface area contributed by atoms with Crippen LogP contribution in [0.4, 0.5) is 0 Å². The summed E-state index contributed by atoms with van der Waals surface area (Å²) in [5.41, 5.74) is 3.50. The summed E-state index contributed by atoms with van der Waals surface area (Å²) in [6.07, 6.45) is 3.63. The topological polar surface area (TPSA) is 76.8 Å². The number of hydrogen-bond donors (Lipinski definition) is 1. The van der Waals surface area contributed by atoms with Crippen molar-refractivity contribution < 1.29 is 18.8 Å². The zero-order valence-electron chi connectivity index (χ0n) is 20.2. The molecule has 1 saturated heterocycles. The number of carbonyl (C=O) groups excluding carboxylic acids is 1. The molecule has 7 heteroatoms. The van der Waals surface area contributed by atoms with Crippen molar-refractivity contribution in [2.45, 2.75) is 45.8 Å². The quantitative estimate of drug-likeness (QED) is 0.490. The number of hydrogen-bond acceptors (Lipinski definition) is 6. The van der Waals surface area contributed by atoms with Gasteiger partial charge in [-0.05, 0) is 75.7 Å². The molecule has 1 aliphatic heterocycles. The summed E-state index contributed by atoms with van der Waals surface area (Å²) >= 11 is 0. The summed E-state index contributed by atoms with van der Waals surface area (Å²) < 4.78 is 16.4. The molecule has 0 radical (unpaired) electrons. The van der Waals surface area contributed by atoms with E-state index in [-0.39, 0.29) is 11.9 Å². The largest absolute Gasteiger partial charge is 0.497 e. The molecule has 1 aromatic heterocycles. The molecule has 0 spiro atoms. The van der Waals surface area contributed by atoms with Gasteiger partial charge in [0.2, 0.25) is 0 Å². The summed E-state index contributed by atoms with van der Waals surface area (Å²) in [7, 11) is 1.67. The SMILES string of the molecule is COc1ccc([C@H](CNC(=O)c2cccc(OCc3c(C)noc3C)c2)N2CCCCC2)cc1. The van der Waals surface area contributed by atoms with Crippen molar-refractivity contribution in [1.82, 2.24) is 15.4 Å². The van der Waals surface area contributed by atoms with Crippen LogP contribution in [0, 0.1) is 13.8 Å². The van der Waals surface area contributed by atoms with Crippen molar-refractivity contribution in [3.63, 3.8) is 0 Å². The minimum Gasteiger partial charge on any atom is -0.497 e. The molecule has 3 aromatic rings. The number of amides is 1. The average Bonchev–Trinajstić information content (AvgIpc) is 3.20. The Morgan fingerprint density at radius 2 is 1.85 bits per heavy atom. The fourth-order valence-electron chi connectivity index (χ4n) is 4.40. The van der Waals surface area contributed by atoms with Crippen molar-refractivity contribution in [3.05, 3.63) is 76.7 Å². The van der Waals surface area contributed by atoms with Crippen molar-refractivity contribution in [3.8, 4) is 11.5 Å². The Kier molecular flexibility index (Phi) is 7.85. The third-order valence-corrected chi connectivity index (χ3v) is 6.45. The Hall–Kier alpha value is -3.32. The van der Waals surface area contributed by atoms with E-state index in [9.17, 15) is 4.79 Å². The van der Waals surface area contributed by atoms with Gasteiger partial charge in [0.05, 0.1) is 24.4 Å². The van der Waals surface area contributed by atoms with Gasteiger partial charge >= 0.3 is 0 Å². The maximum absolute atomic E-state index is 13.0. The second-order valence-electron chi connectivity index (χ2n) is 8.71. The molecule has 0 unspecified atom stereocenters. The molecule has 34 heavy (non-hydrogen) atoms. The molecule has 7 nitrogen and oxygen atoms in total. The third kappa shape index (κ3) is 5.78. The highest BCUT2D eigenvalue weighted by Crippen LogP contribution is 2.26. The van der Waals surface area contributed by atoms with E-state index >= 15 is 0 Å². The van der Waals surface area contributed by atoms with Gasteiger partial charge in [-0.15, -0.1) is 0 Å². The summed E-state index contributed by atoms with van der Waals surface area (Å²) in [5, 5.41) is 7.10. The lowest BCUT2D eigenvalue weighted by molar-refractivity contribution is 0.0924. The molecule has 0 aliphatic carbocycles. The molecule has 180 valence electrons. The molecule has 2 aromatic carbocycles. The smallest absolute Gasteiger partial charge is 0.251 e. The summed E-state index contributed by atoms with van der Waals surface area (Å²) in [6, 6.07) is 15.5. The van der Waals surface area contributed by atoms with Crippen LogP contribution in [0.5, 0.6) is 11.5 Å². The van der Waals surface area contributed by atoms with Crippen LogP contribution in [0.3, 0.4) is 0 Å². The Labute approximate surface area is 201 Å². The molecule has 0 saturated carbocycles. The van der Waals surface area contributed by atoms with Crippen LogP contribution in [0.15, 0.2) is 53.1 Å². The minimum absolute atomic E-state index is 0.113. The highest BCUT2D eigenvalue weighted by atomic mass is 16.5. The molecule has 1 atom stereocenters. The standard InChI is InChI=1S/C27H33N3O4/c1-19-25(20(2)34-29-19)18-33-24-9-7-8-22(16-24)27(31)28-17-26(30-14-5-4-6-15-30)21-10-12-23(32-3)13-11-21/h7-13,16,26H,4-6,14-15,17-18H2,1-3H3,(H,28,31)/t26-/m0/s1. The van der Waals surface area contributed by atoms with Gasteiger partial charge in [-0.3, -0.25) is 9.69 Å². The van der Waals surface area contributed by atoms with Gasteiger partial charge < -0.3 is 19.3 Å². The van der Waals surface area contributed by atoms with Gasteiger partial charge in [0.1, 0.15) is 23.9 Å². The fourth-order valence-corrected chi connectivity index (χ4v) is 4.40. The van der Waals surface area contributed by atoms with E-state index in [4.69, 9.17) is 14.0 Å². The van der Waals surface area contributed by atoms with Crippen molar-refractivity contribution in [1.29, 1.82) is 0 Å². The second-order valence-corrected chi connectivity index (χ2v) is 8.71. The Morgan fingerprint density at radius 3 is 2.53 bits per heavy atom. The molecule has 1 fully saturated rings. The number of ether oxygens (including phenoxy) is 2. The first-order valence-electron chi connectivity index (χ1n) is 11.9. The van der Waals surface area contributed by atoms with Crippen LogP contribution in [0.1, 0.15) is 58.2 Å². The van der Waals surface area contributed by atoms with Gasteiger partial charge in [-0.2, -0.15) is 0 Å². The predicted octanol–water partition coefficient (Wildman–Crippen LogP) is 4.84. The normalized spacial score (nSPS) is 15.0. The molecule has 2 heterocycles. The Bertz CT molecular complexity index is 1070. The molecule has 1 amide bonds. The van der Waals surface area contributed by atoms with Gasteiger partial charge in [-0.1, -0.05) is 29.8 Å². The molecule has 1 N–H and O–H groups in total. The maximum atomic E-state index is 13.0. The number of carbonyl (C=O) groups is 1. The first-order chi connectivity index (χ1) is 16.5. The lowest BCUT2D eigenvalue weighted by atomic mass is 10.0. The average molecular weight is 464 g/mol.